The summed E-state index contributed by atoms with van der Waals surface area (Å²) in [7, 11) is 3.16. The lowest BCUT2D eigenvalue weighted by Crippen LogP contribution is -2.44. The molecule has 1 fully saturated rings. The Balaban J connectivity index is 1.86. The smallest absolute Gasteiger partial charge is 0.250 e. The Bertz CT molecular complexity index is 610. The molecule has 130 valence electrons. The van der Waals surface area contributed by atoms with Crippen LogP contribution in [0.2, 0.25) is 0 Å². The van der Waals surface area contributed by atoms with Crippen LogP contribution in [-0.4, -0.2) is 31.3 Å². The Morgan fingerprint density at radius 1 is 1.17 bits per heavy atom. The van der Waals surface area contributed by atoms with E-state index in [1.54, 1.807) is 32.4 Å². The number of methoxy groups -OCH3 is 2. The number of rotatable bonds is 5. The monoisotopic (exact) mass is 348 g/mol. The van der Waals surface area contributed by atoms with E-state index in [9.17, 15) is 4.79 Å². The summed E-state index contributed by atoms with van der Waals surface area (Å²) in [5.74, 6) is 1.02. The fourth-order valence-corrected chi connectivity index (χ4v) is 3.02. The second-order valence-corrected chi connectivity index (χ2v) is 6.15. The number of thiocarbonyl (C=S) groups is 1. The van der Waals surface area contributed by atoms with Crippen LogP contribution in [0.1, 0.15) is 37.7 Å². The van der Waals surface area contributed by atoms with Gasteiger partial charge in [-0.3, -0.25) is 10.1 Å². The Hall–Kier alpha value is -2.08. The van der Waals surface area contributed by atoms with Crippen molar-refractivity contribution in [2.45, 2.75) is 38.1 Å². The molecular formula is C18H24N2O3S. The fraction of sp³-hybridized carbons (Fsp3) is 0.444. The van der Waals surface area contributed by atoms with Gasteiger partial charge < -0.3 is 14.8 Å². The molecule has 1 amide bonds. The lowest BCUT2D eigenvalue weighted by molar-refractivity contribution is -0.115. The van der Waals surface area contributed by atoms with Gasteiger partial charge in [0.15, 0.2) is 16.6 Å². The van der Waals surface area contributed by atoms with Gasteiger partial charge in [-0.1, -0.05) is 25.3 Å². The third-order valence-corrected chi connectivity index (χ3v) is 4.23. The van der Waals surface area contributed by atoms with Crippen LogP contribution >= 0.6 is 12.2 Å². The third-order valence-electron chi connectivity index (χ3n) is 4.01. The highest BCUT2D eigenvalue weighted by molar-refractivity contribution is 7.80. The van der Waals surface area contributed by atoms with Crippen molar-refractivity contribution in [1.29, 1.82) is 0 Å². The van der Waals surface area contributed by atoms with E-state index < -0.39 is 0 Å². The maximum absolute atomic E-state index is 12.0. The van der Waals surface area contributed by atoms with Crippen molar-refractivity contribution in [2.75, 3.05) is 14.2 Å². The van der Waals surface area contributed by atoms with Gasteiger partial charge in [0.1, 0.15) is 0 Å². The predicted octanol–water partition coefficient (Wildman–Crippen LogP) is 3.04. The van der Waals surface area contributed by atoms with Crippen molar-refractivity contribution in [3.63, 3.8) is 0 Å². The summed E-state index contributed by atoms with van der Waals surface area (Å²) in [4.78, 5) is 12.0. The number of amides is 1. The summed E-state index contributed by atoms with van der Waals surface area (Å²) in [5, 5.41) is 6.29. The highest BCUT2D eigenvalue weighted by Crippen LogP contribution is 2.27. The van der Waals surface area contributed by atoms with E-state index in [-0.39, 0.29) is 5.91 Å². The molecule has 0 saturated heterocycles. The fourth-order valence-electron chi connectivity index (χ4n) is 2.75. The van der Waals surface area contributed by atoms with Gasteiger partial charge in [-0.2, -0.15) is 0 Å². The maximum atomic E-state index is 12.0. The molecule has 0 atom stereocenters. The first-order chi connectivity index (χ1) is 11.6. The zero-order valence-corrected chi connectivity index (χ0v) is 14.9. The summed E-state index contributed by atoms with van der Waals surface area (Å²) >= 11 is 5.20. The molecule has 1 aromatic rings. The van der Waals surface area contributed by atoms with E-state index in [1.807, 2.05) is 6.07 Å². The highest BCUT2D eigenvalue weighted by Gasteiger charge is 2.14. The molecule has 0 radical (unpaired) electrons. The van der Waals surface area contributed by atoms with Gasteiger partial charge >= 0.3 is 0 Å². The SMILES string of the molecule is COc1ccc(C=CC(=O)NC(=S)NC2CCCCC2)cc1OC. The van der Waals surface area contributed by atoms with Crippen LogP contribution in [0, 0.1) is 0 Å². The molecule has 2 rings (SSSR count). The van der Waals surface area contributed by atoms with Crippen LogP contribution < -0.4 is 20.1 Å². The zero-order chi connectivity index (χ0) is 17.4. The summed E-state index contributed by atoms with van der Waals surface area (Å²) < 4.78 is 10.4. The minimum Gasteiger partial charge on any atom is -0.493 e. The van der Waals surface area contributed by atoms with Crippen LogP contribution in [-0.2, 0) is 4.79 Å². The first-order valence-corrected chi connectivity index (χ1v) is 8.55. The molecule has 6 heteroatoms. The number of carbonyl (C=O) groups is 1. The molecule has 1 aliphatic carbocycles. The van der Waals surface area contributed by atoms with Crippen molar-refractivity contribution in [3.05, 3.63) is 29.8 Å². The van der Waals surface area contributed by atoms with E-state index >= 15 is 0 Å². The minimum absolute atomic E-state index is 0.252. The van der Waals surface area contributed by atoms with Gasteiger partial charge in [-0.25, -0.2) is 0 Å². The van der Waals surface area contributed by atoms with Crippen LogP contribution in [0.15, 0.2) is 24.3 Å². The molecule has 0 spiro atoms. The van der Waals surface area contributed by atoms with Crippen molar-refractivity contribution in [1.82, 2.24) is 10.6 Å². The second-order valence-electron chi connectivity index (χ2n) is 5.75. The normalized spacial score (nSPS) is 15.1. The standard InChI is InChI=1S/C18H24N2O3S/c1-22-15-10-8-13(12-16(15)23-2)9-11-17(21)20-18(24)19-14-6-4-3-5-7-14/h8-12,14H,3-7H2,1-2H3,(H2,19,20,21,24). The predicted molar refractivity (Wildman–Crippen MR) is 99.3 cm³/mol. The van der Waals surface area contributed by atoms with Gasteiger partial charge in [0.25, 0.3) is 0 Å². The number of carbonyl (C=O) groups excluding carboxylic acids is 1. The molecular weight excluding hydrogens is 324 g/mol. The number of benzene rings is 1. The summed E-state index contributed by atoms with van der Waals surface area (Å²) in [5.41, 5.74) is 0.842. The average Bonchev–Trinajstić information content (AvgIpc) is 2.60. The van der Waals surface area contributed by atoms with Crippen molar-refractivity contribution in [3.8, 4) is 11.5 Å². The molecule has 1 saturated carbocycles. The van der Waals surface area contributed by atoms with Gasteiger partial charge in [0.05, 0.1) is 14.2 Å². The molecule has 5 nitrogen and oxygen atoms in total. The maximum Gasteiger partial charge on any atom is 0.250 e. The van der Waals surface area contributed by atoms with Crippen LogP contribution in [0.5, 0.6) is 11.5 Å². The molecule has 1 aromatic carbocycles. The topological polar surface area (TPSA) is 59.6 Å². The van der Waals surface area contributed by atoms with Crippen LogP contribution in [0.4, 0.5) is 0 Å². The number of nitrogens with one attached hydrogen (secondary N) is 2. The first-order valence-electron chi connectivity index (χ1n) is 8.14. The van der Waals surface area contributed by atoms with E-state index in [2.05, 4.69) is 10.6 Å². The molecule has 0 heterocycles. The van der Waals surface area contributed by atoms with E-state index in [4.69, 9.17) is 21.7 Å². The van der Waals surface area contributed by atoms with Crippen LogP contribution in [0.25, 0.3) is 6.08 Å². The van der Waals surface area contributed by atoms with Crippen molar-refractivity contribution < 1.29 is 14.3 Å². The Morgan fingerprint density at radius 2 is 1.88 bits per heavy atom. The molecule has 0 aliphatic heterocycles. The third kappa shape index (κ3) is 5.53. The Morgan fingerprint density at radius 3 is 2.54 bits per heavy atom. The van der Waals surface area contributed by atoms with Gasteiger partial charge in [-0.15, -0.1) is 0 Å². The summed E-state index contributed by atoms with van der Waals surface area (Å²) in [6.07, 6.45) is 9.10. The molecule has 24 heavy (non-hydrogen) atoms. The van der Waals surface area contributed by atoms with Gasteiger partial charge in [-0.05, 0) is 48.8 Å². The largest absolute Gasteiger partial charge is 0.493 e. The molecule has 2 N–H and O–H groups in total. The lowest BCUT2D eigenvalue weighted by atomic mass is 9.96. The summed E-state index contributed by atoms with van der Waals surface area (Å²) in [6.45, 7) is 0. The van der Waals surface area contributed by atoms with Crippen molar-refractivity contribution >= 4 is 29.3 Å². The first kappa shape index (κ1) is 18.3. The molecule has 1 aliphatic rings. The lowest BCUT2D eigenvalue weighted by Gasteiger charge is -2.23. The highest BCUT2D eigenvalue weighted by atomic mass is 32.1. The Labute approximate surface area is 148 Å². The van der Waals surface area contributed by atoms with Crippen molar-refractivity contribution in [2.24, 2.45) is 0 Å². The number of hydrogen-bond acceptors (Lipinski definition) is 4. The molecule has 0 unspecified atom stereocenters. The van der Waals surface area contributed by atoms with Crippen LogP contribution in [0.3, 0.4) is 0 Å². The Kier molecular flexibility index (Phi) is 7.06. The van der Waals surface area contributed by atoms with E-state index in [0.717, 1.165) is 18.4 Å². The van der Waals surface area contributed by atoms with E-state index in [0.29, 0.717) is 22.7 Å². The van der Waals surface area contributed by atoms with E-state index in [1.165, 1.54) is 25.3 Å². The summed E-state index contributed by atoms with van der Waals surface area (Å²) in [6, 6.07) is 5.83. The molecule has 0 bridgehead atoms. The van der Waals surface area contributed by atoms with Gasteiger partial charge in [0.2, 0.25) is 5.91 Å². The quantitative estimate of drug-likeness (QED) is 0.633. The average molecular weight is 348 g/mol. The second kappa shape index (κ2) is 9.27. The minimum atomic E-state index is -0.252. The van der Waals surface area contributed by atoms with Gasteiger partial charge in [0, 0.05) is 12.1 Å². The molecule has 0 aromatic heterocycles. The zero-order valence-electron chi connectivity index (χ0n) is 14.1. The number of ether oxygens (including phenoxy) is 2. The number of hydrogen-bond donors (Lipinski definition) is 2.